The second kappa shape index (κ2) is 5.89. The second-order valence-corrected chi connectivity index (χ2v) is 4.90. The number of carbonyl (C=O) groups excluding carboxylic acids is 3. The van der Waals surface area contributed by atoms with Crippen molar-refractivity contribution >= 4 is 17.3 Å². The van der Waals surface area contributed by atoms with Crippen molar-refractivity contribution in [3.8, 4) is 5.75 Å². The Hall–Kier alpha value is -2.82. The summed E-state index contributed by atoms with van der Waals surface area (Å²) in [5, 5.41) is 9.70. The fourth-order valence-electron chi connectivity index (χ4n) is 2.01. The summed E-state index contributed by atoms with van der Waals surface area (Å²) in [5.41, 5.74) is 0.216. The Labute approximate surface area is 126 Å². The molecule has 0 bridgehead atoms. The average Bonchev–Trinajstić information content (AvgIpc) is 2.48. The lowest BCUT2D eigenvalue weighted by Crippen LogP contribution is -2.07. The zero-order valence-corrected chi connectivity index (χ0v) is 12.0. The number of aromatic hydroxyl groups is 1. The number of Topliss-reactive ketones (excluding diaryl/α,β-unsaturated/α-hetero) is 2. The molecule has 22 heavy (non-hydrogen) atoms. The van der Waals surface area contributed by atoms with E-state index in [1.54, 1.807) is 0 Å². The molecule has 0 atom stereocenters. The van der Waals surface area contributed by atoms with Gasteiger partial charge in [-0.05, 0) is 50.2 Å². The van der Waals surface area contributed by atoms with E-state index in [0.29, 0.717) is 0 Å². The molecule has 0 spiro atoms. The van der Waals surface area contributed by atoms with Crippen LogP contribution in [0.25, 0.3) is 0 Å². The van der Waals surface area contributed by atoms with E-state index in [1.165, 1.54) is 32.0 Å². The Kier molecular flexibility index (Phi) is 4.17. The van der Waals surface area contributed by atoms with Gasteiger partial charge in [-0.15, -0.1) is 0 Å². The number of rotatable bonds is 4. The molecule has 112 valence electrons. The maximum absolute atomic E-state index is 13.3. The van der Waals surface area contributed by atoms with Gasteiger partial charge in [0.2, 0.25) is 0 Å². The van der Waals surface area contributed by atoms with Crippen LogP contribution in [-0.2, 0) is 0 Å². The molecular formula is C17H13FO4. The van der Waals surface area contributed by atoms with Gasteiger partial charge in [-0.3, -0.25) is 14.4 Å². The number of benzene rings is 2. The summed E-state index contributed by atoms with van der Waals surface area (Å²) in [6, 6.07) is 7.05. The highest BCUT2D eigenvalue weighted by Gasteiger charge is 2.18. The fraction of sp³-hybridized carbons (Fsp3) is 0.118. The van der Waals surface area contributed by atoms with Crippen LogP contribution in [0.5, 0.6) is 5.75 Å². The van der Waals surface area contributed by atoms with Crippen LogP contribution in [0.2, 0.25) is 0 Å². The van der Waals surface area contributed by atoms with Gasteiger partial charge in [0, 0.05) is 16.7 Å². The minimum absolute atomic E-state index is 0.0406. The fourth-order valence-corrected chi connectivity index (χ4v) is 2.01. The van der Waals surface area contributed by atoms with Crippen molar-refractivity contribution in [2.45, 2.75) is 13.8 Å². The number of hydrogen-bond acceptors (Lipinski definition) is 4. The predicted molar refractivity (Wildman–Crippen MR) is 77.9 cm³/mol. The molecule has 4 nitrogen and oxygen atoms in total. The molecule has 0 unspecified atom stereocenters. The molecule has 2 rings (SSSR count). The SMILES string of the molecule is CC(=O)c1cc(C(C)=O)cc(C(=O)c2cc(F)ccc2O)c1. The van der Waals surface area contributed by atoms with Gasteiger partial charge in [-0.25, -0.2) is 4.39 Å². The Morgan fingerprint density at radius 1 is 0.864 bits per heavy atom. The van der Waals surface area contributed by atoms with Crippen molar-refractivity contribution in [1.82, 2.24) is 0 Å². The number of hydrogen-bond donors (Lipinski definition) is 1. The predicted octanol–water partition coefficient (Wildman–Crippen LogP) is 3.17. The molecule has 0 saturated carbocycles. The van der Waals surface area contributed by atoms with Crippen molar-refractivity contribution in [1.29, 1.82) is 0 Å². The molecule has 1 N–H and O–H groups in total. The third-order valence-corrected chi connectivity index (χ3v) is 3.21. The summed E-state index contributed by atoms with van der Waals surface area (Å²) in [6.45, 7) is 2.63. The van der Waals surface area contributed by atoms with Crippen molar-refractivity contribution in [2.75, 3.05) is 0 Å². The molecule has 2 aromatic rings. The first-order chi connectivity index (χ1) is 10.3. The zero-order valence-electron chi connectivity index (χ0n) is 12.0. The van der Waals surface area contributed by atoms with Gasteiger partial charge in [-0.2, -0.15) is 0 Å². The van der Waals surface area contributed by atoms with Crippen LogP contribution in [0.4, 0.5) is 4.39 Å². The van der Waals surface area contributed by atoms with Gasteiger partial charge in [0.1, 0.15) is 11.6 Å². The Bertz CT molecular complexity index is 761. The van der Waals surface area contributed by atoms with Crippen LogP contribution in [0.1, 0.15) is 50.5 Å². The molecule has 0 radical (unpaired) electrons. The standard InChI is InChI=1S/C17H13FO4/c1-9(19)11-5-12(10(2)20)7-13(6-11)17(22)15-8-14(18)3-4-16(15)21/h3-8,21H,1-2H3. The summed E-state index contributed by atoms with van der Waals surface area (Å²) in [5.74, 6) is -2.32. The van der Waals surface area contributed by atoms with Gasteiger partial charge in [0.15, 0.2) is 17.3 Å². The minimum atomic E-state index is -0.671. The van der Waals surface area contributed by atoms with Gasteiger partial charge in [-0.1, -0.05) is 0 Å². The Morgan fingerprint density at radius 2 is 1.36 bits per heavy atom. The second-order valence-electron chi connectivity index (χ2n) is 4.90. The van der Waals surface area contributed by atoms with E-state index >= 15 is 0 Å². The monoisotopic (exact) mass is 300 g/mol. The molecular weight excluding hydrogens is 287 g/mol. The number of halogens is 1. The van der Waals surface area contributed by atoms with Crippen LogP contribution in [0.3, 0.4) is 0 Å². The van der Waals surface area contributed by atoms with Crippen LogP contribution in [0.15, 0.2) is 36.4 Å². The van der Waals surface area contributed by atoms with Crippen molar-refractivity contribution < 1.29 is 23.9 Å². The summed E-state index contributed by atoms with van der Waals surface area (Å²) in [4.78, 5) is 35.5. The lowest BCUT2D eigenvalue weighted by molar-refractivity contribution is 0.101. The maximum atomic E-state index is 13.3. The molecule has 0 aliphatic carbocycles. The van der Waals surface area contributed by atoms with Crippen molar-refractivity contribution in [3.05, 3.63) is 64.5 Å². The van der Waals surface area contributed by atoms with E-state index < -0.39 is 11.6 Å². The van der Waals surface area contributed by atoms with Crippen LogP contribution in [-0.4, -0.2) is 22.5 Å². The third kappa shape index (κ3) is 3.09. The van der Waals surface area contributed by atoms with E-state index in [2.05, 4.69) is 0 Å². The maximum Gasteiger partial charge on any atom is 0.196 e. The molecule has 5 heteroatoms. The van der Waals surface area contributed by atoms with Crippen molar-refractivity contribution in [2.24, 2.45) is 0 Å². The van der Waals surface area contributed by atoms with E-state index in [9.17, 15) is 23.9 Å². The average molecular weight is 300 g/mol. The smallest absolute Gasteiger partial charge is 0.196 e. The first kappa shape index (κ1) is 15.6. The lowest BCUT2D eigenvalue weighted by Gasteiger charge is -2.08. The van der Waals surface area contributed by atoms with E-state index in [-0.39, 0.29) is 39.6 Å². The summed E-state index contributed by atoms with van der Waals surface area (Å²) >= 11 is 0. The van der Waals surface area contributed by atoms with E-state index in [4.69, 9.17) is 0 Å². The first-order valence-electron chi connectivity index (χ1n) is 6.50. The molecule has 0 aliphatic rings. The summed E-state index contributed by atoms with van der Waals surface area (Å²) in [6.07, 6.45) is 0. The number of phenolic OH excluding ortho intramolecular Hbond substituents is 1. The number of carbonyl (C=O) groups is 3. The number of phenols is 1. The van der Waals surface area contributed by atoms with E-state index in [1.807, 2.05) is 0 Å². The third-order valence-electron chi connectivity index (χ3n) is 3.21. The first-order valence-corrected chi connectivity index (χ1v) is 6.50. The van der Waals surface area contributed by atoms with Gasteiger partial charge in [0.05, 0.1) is 5.56 Å². The Morgan fingerprint density at radius 3 is 1.86 bits per heavy atom. The highest BCUT2D eigenvalue weighted by Crippen LogP contribution is 2.23. The topological polar surface area (TPSA) is 71.4 Å². The molecule has 0 fully saturated rings. The molecule has 2 aromatic carbocycles. The molecule has 0 aromatic heterocycles. The molecule has 0 aliphatic heterocycles. The quantitative estimate of drug-likeness (QED) is 0.880. The molecule has 0 amide bonds. The minimum Gasteiger partial charge on any atom is -0.507 e. The summed E-state index contributed by atoms with van der Waals surface area (Å²) < 4.78 is 13.3. The highest BCUT2D eigenvalue weighted by atomic mass is 19.1. The molecule has 0 heterocycles. The van der Waals surface area contributed by atoms with Gasteiger partial charge in [0.25, 0.3) is 0 Å². The van der Waals surface area contributed by atoms with Crippen LogP contribution < -0.4 is 0 Å². The van der Waals surface area contributed by atoms with Gasteiger partial charge >= 0.3 is 0 Å². The summed E-state index contributed by atoms with van der Waals surface area (Å²) in [7, 11) is 0. The van der Waals surface area contributed by atoms with Gasteiger partial charge < -0.3 is 5.11 Å². The molecule has 0 saturated heterocycles. The van der Waals surface area contributed by atoms with E-state index in [0.717, 1.165) is 18.2 Å². The van der Waals surface area contributed by atoms with Crippen LogP contribution >= 0.6 is 0 Å². The van der Waals surface area contributed by atoms with Crippen molar-refractivity contribution in [3.63, 3.8) is 0 Å². The zero-order chi connectivity index (χ0) is 16.4. The normalized spacial score (nSPS) is 10.3. The Balaban J connectivity index is 2.60. The van der Waals surface area contributed by atoms with Crippen LogP contribution in [0, 0.1) is 5.82 Å². The highest BCUT2D eigenvalue weighted by molar-refractivity contribution is 6.13. The number of ketones is 3. The lowest BCUT2D eigenvalue weighted by atomic mass is 9.96. The largest absolute Gasteiger partial charge is 0.507 e.